The summed E-state index contributed by atoms with van der Waals surface area (Å²) in [5, 5.41) is 2.74. The first kappa shape index (κ1) is 16.6. The third-order valence-corrected chi connectivity index (χ3v) is 4.70. The minimum atomic E-state index is -0.305. The Balaban J connectivity index is 2.25. The molecule has 0 saturated carbocycles. The fraction of sp³-hybridized carbons (Fsp3) is 0.353. The molecular formula is C17H20FNO2S. The molecule has 0 aliphatic rings. The SMILES string of the molecule is COCC(=O)NCc1cc(F)ccc1-c1ccc(C(C)C)s1. The third-order valence-electron chi connectivity index (χ3n) is 3.28. The molecule has 0 fully saturated rings. The Morgan fingerprint density at radius 3 is 2.73 bits per heavy atom. The lowest BCUT2D eigenvalue weighted by molar-refractivity contribution is -0.124. The first-order chi connectivity index (χ1) is 10.5. The Morgan fingerprint density at radius 1 is 1.32 bits per heavy atom. The van der Waals surface area contributed by atoms with Gasteiger partial charge in [-0.3, -0.25) is 4.79 Å². The van der Waals surface area contributed by atoms with Crippen molar-refractivity contribution < 1.29 is 13.9 Å². The van der Waals surface area contributed by atoms with E-state index in [2.05, 4.69) is 25.2 Å². The Bertz CT molecular complexity index is 652. The van der Waals surface area contributed by atoms with Crippen LogP contribution in [0.4, 0.5) is 4.39 Å². The standard InChI is InChI=1S/C17H20FNO2S/c1-11(2)15-6-7-16(22-15)14-5-4-13(18)8-12(14)9-19-17(20)10-21-3/h4-8,11H,9-10H2,1-3H3,(H,19,20). The lowest BCUT2D eigenvalue weighted by Crippen LogP contribution is -2.26. The predicted molar refractivity (Wildman–Crippen MR) is 87.5 cm³/mol. The second kappa shape index (κ2) is 7.51. The number of benzene rings is 1. The van der Waals surface area contributed by atoms with Gasteiger partial charge in [-0.25, -0.2) is 4.39 Å². The predicted octanol–water partition coefficient (Wildman–Crippen LogP) is 3.94. The second-order valence-corrected chi connectivity index (χ2v) is 6.48. The lowest BCUT2D eigenvalue weighted by atomic mass is 10.1. The molecule has 1 amide bonds. The van der Waals surface area contributed by atoms with Gasteiger partial charge < -0.3 is 10.1 Å². The van der Waals surface area contributed by atoms with Crippen molar-refractivity contribution in [3.8, 4) is 10.4 Å². The van der Waals surface area contributed by atoms with Crippen molar-refractivity contribution in [2.45, 2.75) is 26.3 Å². The molecule has 1 heterocycles. The second-order valence-electron chi connectivity index (χ2n) is 5.37. The lowest BCUT2D eigenvalue weighted by Gasteiger charge is -2.10. The van der Waals surface area contributed by atoms with Crippen LogP contribution < -0.4 is 5.32 Å². The molecule has 0 unspecified atom stereocenters. The van der Waals surface area contributed by atoms with E-state index in [-0.39, 0.29) is 24.9 Å². The van der Waals surface area contributed by atoms with Crippen molar-refractivity contribution in [3.63, 3.8) is 0 Å². The molecule has 0 radical (unpaired) electrons. The zero-order valence-corrected chi connectivity index (χ0v) is 13.8. The highest BCUT2D eigenvalue weighted by atomic mass is 32.1. The van der Waals surface area contributed by atoms with Crippen molar-refractivity contribution in [1.29, 1.82) is 0 Å². The first-order valence-corrected chi connectivity index (χ1v) is 7.97. The van der Waals surface area contributed by atoms with Gasteiger partial charge in [0, 0.05) is 23.4 Å². The van der Waals surface area contributed by atoms with Crippen molar-refractivity contribution in [3.05, 3.63) is 46.6 Å². The summed E-state index contributed by atoms with van der Waals surface area (Å²) in [6.45, 7) is 4.57. The van der Waals surface area contributed by atoms with Crippen LogP contribution in [-0.4, -0.2) is 19.6 Å². The van der Waals surface area contributed by atoms with Crippen LogP contribution in [0.1, 0.15) is 30.2 Å². The Hall–Kier alpha value is -1.72. The normalized spacial score (nSPS) is 11.0. The maximum absolute atomic E-state index is 13.5. The van der Waals surface area contributed by atoms with Crippen molar-refractivity contribution in [2.24, 2.45) is 0 Å². The number of halogens is 1. The molecule has 0 saturated heterocycles. The van der Waals surface area contributed by atoms with E-state index in [0.29, 0.717) is 5.92 Å². The number of carbonyl (C=O) groups excluding carboxylic acids is 1. The van der Waals surface area contributed by atoms with Gasteiger partial charge in [-0.05, 0) is 41.3 Å². The van der Waals surface area contributed by atoms with Crippen molar-refractivity contribution >= 4 is 17.2 Å². The number of amides is 1. The largest absolute Gasteiger partial charge is 0.375 e. The van der Waals surface area contributed by atoms with Gasteiger partial charge in [0.25, 0.3) is 0 Å². The molecular weight excluding hydrogens is 301 g/mol. The highest BCUT2D eigenvalue weighted by molar-refractivity contribution is 7.15. The molecule has 3 nitrogen and oxygen atoms in total. The van der Waals surface area contributed by atoms with E-state index in [1.807, 2.05) is 6.07 Å². The number of nitrogens with one attached hydrogen (secondary N) is 1. The molecule has 0 spiro atoms. The summed E-state index contributed by atoms with van der Waals surface area (Å²) in [7, 11) is 1.46. The third kappa shape index (κ3) is 4.15. The Morgan fingerprint density at radius 2 is 2.09 bits per heavy atom. The summed E-state index contributed by atoms with van der Waals surface area (Å²) in [6, 6.07) is 8.83. The summed E-state index contributed by atoms with van der Waals surface area (Å²) < 4.78 is 18.3. The minimum Gasteiger partial charge on any atom is -0.375 e. The first-order valence-electron chi connectivity index (χ1n) is 7.15. The number of thiophene rings is 1. The average Bonchev–Trinajstić information content (AvgIpc) is 2.95. The molecule has 0 atom stereocenters. The number of methoxy groups -OCH3 is 1. The van der Waals surface area contributed by atoms with Crippen molar-refractivity contribution in [2.75, 3.05) is 13.7 Å². The van der Waals surface area contributed by atoms with E-state index in [0.717, 1.165) is 16.0 Å². The molecule has 22 heavy (non-hydrogen) atoms. The van der Waals surface area contributed by atoms with Crippen LogP contribution >= 0.6 is 11.3 Å². The number of ether oxygens (including phenoxy) is 1. The van der Waals surface area contributed by atoms with Crippen LogP contribution in [-0.2, 0) is 16.1 Å². The van der Waals surface area contributed by atoms with Crippen LogP contribution in [0.2, 0.25) is 0 Å². The molecule has 0 aliphatic carbocycles. The van der Waals surface area contributed by atoms with E-state index in [9.17, 15) is 9.18 Å². The summed E-state index contributed by atoms with van der Waals surface area (Å²) in [5.41, 5.74) is 1.72. The van der Waals surface area contributed by atoms with Crippen LogP contribution in [0, 0.1) is 5.82 Å². The number of hydrogen-bond donors (Lipinski definition) is 1. The summed E-state index contributed by atoms with van der Waals surface area (Å²) in [4.78, 5) is 13.9. The molecule has 1 aromatic carbocycles. The maximum Gasteiger partial charge on any atom is 0.246 e. The molecule has 1 N–H and O–H groups in total. The zero-order chi connectivity index (χ0) is 16.1. The van der Waals surface area contributed by atoms with E-state index in [1.165, 1.54) is 24.1 Å². The van der Waals surface area contributed by atoms with Gasteiger partial charge in [-0.15, -0.1) is 11.3 Å². The number of rotatable bonds is 6. The summed E-state index contributed by atoms with van der Waals surface area (Å²) in [6.07, 6.45) is 0. The average molecular weight is 321 g/mol. The Kier molecular flexibility index (Phi) is 5.69. The molecule has 2 aromatic rings. The monoisotopic (exact) mass is 321 g/mol. The summed E-state index contributed by atoms with van der Waals surface area (Å²) in [5.74, 6) is -0.0591. The fourth-order valence-corrected chi connectivity index (χ4v) is 3.20. The maximum atomic E-state index is 13.5. The Labute approximate surface area is 134 Å². The van der Waals surface area contributed by atoms with Crippen LogP contribution in [0.15, 0.2) is 30.3 Å². The van der Waals surface area contributed by atoms with Gasteiger partial charge in [0.15, 0.2) is 0 Å². The summed E-state index contributed by atoms with van der Waals surface area (Å²) >= 11 is 1.70. The van der Waals surface area contributed by atoms with Gasteiger partial charge in [0.1, 0.15) is 12.4 Å². The minimum absolute atomic E-state index is 0.00114. The van der Waals surface area contributed by atoms with Crippen LogP contribution in [0.25, 0.3) is 10.4 Å². The number of carbonyl (C=O) groups is 1. The molecule has 1 aromatic heterocycles. The number of hydrogen-bond acceptors (Lipinski definition) is 3. The van der Waals surface area contributed by atoms with E-state index >= 15 is 0 Å². The van der Waals surface area contributed by atoms with Gasteiger partial charge in [-0.1, -0.05) is 19.9 Å². The van der Waals surface area contributed by atoms with E-state index in [4.69, 9.17) is 4.74 Å². The van der Waals surface area contributed by atoms with Gasteiger partial charge in [0.2, 0.25) is 5.91 Å². The van der Waals surface area contributed by atoms with Crippen molar-refractivity contribution in [1.82, 2.24) is 5.32 Å². The molecule has 0 bridgehead atoms. The quantitative estimate of drug-likeness (QED) is 0.875. The van der Waals surface area contributed by atoms with Gasteiger partial charge in [0.05, 0.1) is 0 Å². The van der Waals surface area contributed by atoms with Crippen LogP contribution in [0.5, 0.6) is 0 Å². The highest BCUT2D eigenvalue weighted by Gasteiger charge is 2.11. The van der Waals surface area contributed by atoms with Gasteiger partial charge in [-0.2, -0.15) is 0 Å². The molecule has 118 valence electrons. The highest BCUT2D eigenvalue weighted by Crippen LogP contribution is 2.34. The van der Waals surface area contributed by atoms with Crippen LogP contribution in [0.3, 0.4) is 0 Å². The zero-order valence-electron chi connectivity index (χ0n) is 13.0. The molecule has 2 rings (SSSR count). The molecule has 5 heteroatoms. The fourth-order valence-electron chi connectivity index (χ4n) is 2.13. The van der Waals surface area contributed by atoms with Gasteiger partial charge >= 0.3 is 0 Å². The smallest absolute Gasteiger partial charge is 0.246 e. The van der Waals surface area contributed by atoms with E-state index < -0.39 is 0 Å². The topological polar surface area (TPSA) is 38.3 Å². The van der Waals surface area contributed by atoms with E-state index in [1.54, 1.807) is 17.4 Å². The molecule has 0 aliphatic heterocycles.